The Hall–Kier alpha value is -2.93. The van der Waals surface area contributed by atoms with Gasteiger partial charge in [-0.15, -0.1) is 0 Å². The minimum Gasteiger partial charge on any atom is -0.201 e. The highest BCUT2D eigenvalue weighted by Gasteiger charge is 2.20. The van der Waals surface area contributed by atoms with Gasteiger partial charge in [0, 0.05) is 12.1 Å². The Morgan fingerprint density at radius 3 is 2.04 bits per heavy atom. The molecule has 0 saturated heterocycles. The zero-order valence-electron chi connectivity index (χ0n) is 13.9. The Labute approximate surface area is 141 Å². The summed E-state index contributed by atoms with van der Waals surface area (Å²) >= 11 is 0. The van der Waals surface area contributed by atoms with E-state index in [1.54, 1.807) is 0 Å². The molecule has 0 spiro atoms. The molecule has 0 bridgehead atoms. The molecule has 0 aliphatic rings. The summed E-state index contributed by atoms with van der Waals surface area (Å²) in [5, 5.41) is 8.12. The third-order valence-electron chi connectivity index (χ3n) is 5.25. The van der Waals surface area contributed by atoms with Gasteiger partial charge in [-0.25, -0.2) is 4.57 Å². The molecule has 1 nitrogen and oxygen atoms in total. The van der Waals surface area contributed by atoms with Crippen LogP contribution in [0.15, 0.2) is 72.9 Å². The summed E-state index contributed by atoms with van der Waals surface area (Å²) < 4.78 is 2.21. The maximum atomic E-state index is 2.27. The van der Waals surface area contributed by atoms with Gasteiger partial charge in [0.05, 0.1) is 5.56 Å². The van der Waals surface area contributed by atoms with Gasteiger partial charge in [-0.3, -0.25) is 0 Å². The number of nitrogens with zero attached hydrogens (tertiary/aromatic N) is 1. The molecular weight excluding hydrogens is 290 g/mol. The molecule has 0 atom stereocenters. The van der Waals surface area contributed by atoms with Crippen LogP contribution in [0.1, 0.15) is 5.56 Å². The van der Waals surface area contributed by atoms with Crippen LogP contribution in [0.25, 0.3) is 43.6 Å². The van der Waals surface area contributed by atoms with Gasteiger partial charge >= 0.3 is 0 Å². The molecule has 0 fully saturated rings. The average Bonchev–Trinajstić information content (AvgIpc) is 2.62. The monoisotopic (exact) mass is 308 g/mol. The van der Waals surface area contributed by atoms with Crippen molar-refractivity contribution >= 4 is 32.3 Å². The van der Waals surface area contributed by atoms with Crippen molar-refractivity contribution in [1.29, 1.82) is 0 Å². The van der Waals surface area contributed by atoms with E-state index in [4.69, 9.17) is 0 Å². The van der Waals surface area contributed by atoms with Gasteiger partial charge in [-0.1, -0.05) is 48.5 Å². The van der Waals surface area contributed by atoms with Crippen LogP contribution in [-0.4, -0.2) is 0 Å². The van der Waals surface area contributed by atoms with E-state index in [9.17, 15) is 0 Å². The second kappa shape index (κ2) is 4.78. The Kier molecular flexibility index (Phi) is 2.69. The molecule has 0 unspecified atom stereocenters. The Morgan fingerprint density at radius 1 is 0.667 bits per heavy atom. The average molecular weight is 308 g/mol. The van der Waals surface area contributed by atoms with E-state index in [1.807, 2.05) is 0 Å². The smallest absolute Gasteiger partial charge is 0.201 e. The fourth-order valence-corrected chi connectivity index (χ4v) is 4.13. The van der Waals surface area contributed by atoms with Crippen LogP contribution in [0.3, 0.4) is 0 Å². The molecule has 0 aliphatic heterocycles. The summed E-state index contributed by atoms with van der Waals surface area (Å²) in [6.45, 7) is 2.26. The van der Waals surface area contributed by atoms with Gasteiger partial charge in [0.15, 0.2) is 6.20 Å². The van der Waals surface area contributed by atoms with Crippen molar-refractivity contribution in [3.8, 4) is 11.3 Å². The molecule has 1 aromatic heterocycles. The summed E-state index contributed by atoms with van der Waals surface area (Å²) in [6.07, 6.45) is 2.12. The number of pyridine rings is 1. The van der Waals surface area contributed by atoms with Crippen LogP contribution in [-0.2, 0) is 7.05 Å². The van der Waals surface area contributed by atoms with Crippen molar-refractivity contribution in [2.45, 2.75) is 6.92 Å². The molecule has 0 aliphatic carbocycles. The fourth-order valence-electron chi connectivity index (χ4n) is 4.13. The van der Waals surface area contributed by atoms with Gasteiger partial charge < -0.3 is 0 Å². The van der Waals surface area contributed by atoms with E-state index in [-0.39, 0.29) is 0 Å². The maximum Gasteiger partial charge on any atom is 0.213 e. The lowest BCUT2D eigenvalue weighted by Crippen LogP contribution is -2.30. The van der Waals surface area contributed by atoms with E-state index >= 15 is 0 Å². The first-order valence-electron chi connectivity index (χ1n) is 8.37. The molecule has 0 N–H and O–H groups in total. The van der Waals surface area contributed by atoms with Crippen molar-refractivity contribution in [1.82, 2.24) is 0 Å². The number of rotatable bonds is 1. The highest BCUT2D eigenvalue weighted by molar-refractivity contribution is 6.27. The molecule has 24 heavy (non-hydrogen) atoms. The van der Waals surface area contributed by atoms with E-state index < -0.39 is 0 Å². The first-order valence-corrected chi connectivity index (χ1v) is 8.37. The Balaban J connectivity index is 2.12. The van der Waals surface area contributed by atoms with Gasteiger partial charge in [0.2, 0.25) is 5.69 Å². The van der Waals surface area contributed by atoms with Gasteiger partial charge in [-0.2, -0.15) is 0 Å². The number of hydrogen-bond donors (Lipinski definition) is 0. The summed E-state index contributed by atoms with van der Waals surface area (Å²) in [4.78, 5) is 0. The highest BCUT2D eigenvalue weighted by Crippen LogP contribution is 2.41. The third kappa shape index (κ3) is 1.67. The molecule has 0 saturated carbocycles. The van der Waals surface area contributed by atoms with Crippen LogP contribution in [0, 0.1) is 6.92 Å². The summed E-state index contributed by atoms with van der Waals surface area (Å²) in [6, 6.07) is 24.2. The SMILES string of the molecule is Cc1c(-c2cccc[n+]2C)c2cccc3ccc4cccc1c4c32. The molecule has 1 heterocycles. The lowest BCUT2D eigenvalue weighted by molar-refractivity contribution is -0.660. The Bertz CT molecular complexity index is 1220. The summed E-state index contributed by atoms with van der Waals surface area (Å²) in [5.74, 6) is 0. The van der Waals surface area contributed by atoms with Crippen LogP contribution in [0.5, 0.6) is 0 Å². The minimum absolute atomic E-state index is 1.26. The van der Waals surface area contributed by atoms with Crippen LogP contribution in [0.4, 0.5) is 0 Å². The second-order valence-electron chi connectivity index (χ2n) is 6.57. The topological polar surface area (TPSA) is 3.88 Å². The quantitative estimate of drug-likeness (QED) is 0.289. The zero-order valence-corrected chi connectivity index (χ0v) is 13.9. The van der Waals surface area contributed by atoms with Crippen LogP contribution < -0.4 is 4.57 Å². The lowest BCUT2D eigenvalue weighted by atomic mass is 9.86. The van der Waals surface area contributed by atoms with Gasteiger partial charge in [-0.05, 0) is 50.9 Å². The molecule has 5 rings (SSSR count). The zero-order chi connectivity index (χ0) is 16.3. The lowest BCUT2D eigenvalue weighted by Gasteiger charge is -2.16. The van der Waals surface area contributed by atoms with Crippen LogP contribution in [0.2, 0.25) is 0 Å². The van der Waals surface area contributed by atoms with Crippen LogP contribution >= 0.6 is 0 Å². The van der Waals surface area contributed by atoms with Crippen molar-refractivity contribution < 1.29 is 4.57 Å². The van der Waals surface area contributed by atoms with E-state index in [2.05, 4.69) is 91.5 Å². The minimum atomic E-state index is 1.26. The number of aryl methyl sites for hydroxylation is 2. The maximum absolute atomic E-state index is 2.27. The number of benzene rings is 4. The van der Waals surface area contributed by atoms with Crippen molar-refractivity contribution in [2.75, 3.05) is 0 Å². The largest absolute Gasteiger partial charge is 0.213 e. The molecule has 1 heteroatoms. The standard InChI is InChI=1S/C23H18N/c1-15-18-9-5-7-16-12-13-17-8-6-10-19(23(17)22(16)18)21(15)20-11-3-4-14-24(20)2/h3-14H,1-2H3/q+1. The first kappa shape index (κ1) is 13.5. The normalized spacial score (nSPS) is 11.8. The fraction of sp³-hybridized carbons (Fsp3) is 0.0870. The number of hydrogen-bond acceptors (Lipinski definition) is 0. The van der Waals surface area contributed by atoms with Crippen molar-refractivity contribution in [3.05, 3.63) is 78.5 Å². The molecular formula is C23H18N+. The van der Waals surface area contributed by atoms with Crippen molar-refractivity contribution in [2.24, 2.45) is 7.05 Å². The third-order valence-corrected chi connectivity index (χ3v) is 5.25. The predicted octanol–water partition coefficient (Wildman–Crippen LogP) is 5.38. The second-order valence-corrected chi connectivity index (χ2v) is 6.57. The van der Waals surface area contributed by atoms with E-state index in [1.165, 1.54) is 49.1 Å². The highest BCUT2D eigenvalue weighted by atomic mass is 14.9. The molecule has 5 aromatic rings. The summed E-state index contributed by atoms with van der Waals surface area (Å²) in [7, 11) is 2.12. The number of aromatic nitrogens is 1. The first-order chi connectivity index (χ1) is 11.8. The Morgan fingerprint density at radius 2 is 1.33 bits per heavy atom. The van der Waals surface area contributed by atoms with Crippen molar-refractivity contribution in [3.63, 3.8) is 0 Å². The molecule has 114 valence electrons. The predicted molar refractivity (Wildman–Crippen MR) is 101 cm³/mol. The van der Waals surface area contributed by atoms with E-state index in [0.717, 1.165) is 0 Å². The van der Waals surface area contributed by atoms with Gasteiger partial charge in [0.25, 0.3) is 0 Å². The summed E-state index contributed by atoms with van der Waals surface area (Å²) in [5.41, 5.74) is 3.96. The molecule has 0 radical (unpaired) electrons. The van der Waals surface area contributed by atoms with E-state index in [0.29, 0.717) is 0 Å². The van der Waals surface area contributed by atoms with Gasteiger partial charge in [0.1, 0.15) is 7.05 Å². The molecule has 4 aromatic carbocycles. The molecule has 0 amide bonds.